The van der Waals surface area contributed by atoms with Crippen LogP contribution in [-0.2, 0) is 6.42 Å². The van der Waals surface area contributed by atoms with Crippen LogP contribution >= 0.6 is 0 Å². The van der Waals surface area contributed by atoms with Crippen LogP contribution in [0.3, 0.4) is 0 Å². The van der Waals surface area contributed by atoms with Crippen molar-refractivity contribution in [2.45, 2.75) is 19.4 Å². The van der Waals surface area contributed by atoms with Gasteiger partial charge in [0.25, 0.3) is 0 Å². The molecule has 0 fully saturated rings. The Hall–Kier alpha value is -1.06. The highest BCUT2D eigenvalue weighted by Crippen LogP contribution is 2.21. The van der Waals surface area contributed by atoms with E-state index in [4.69, 9.17) is 4.74 Å². The van der Waals surface area contributed by atoms with Crippen LogP contribution in [0.5, 0.6) is 5.75 Å². The first-order chi connectivity index (χ1) is 8.06. The molecule has 0 saturated carbocycles. The molecule has 0 radical (unpaired) electrons. The second-order valence-corrected chi connectivity index (χ2v) is 4.77. The third-order valence-electron chi connectivity index (χ3n) is 2.90. The van der Waals surface area contributed by atoms with Gasteiger partial charge >= 0.3 is 0 Å². The van der Waals surface area contributed by atoms with Gasteiger partial charge in [0.15, 0.2) is 0 Å². The molecule has 1 aromatic rings. The molecule has 1 rings (SSSR count). The second kappa shape index (κ2) is 6.62. The molecule has 3 heteroatoms. The molecule has 1 N–H and O–H groups in total. The Morgan fingerprint density at radius 3 is 2.59 bits per heavy atom. The lowest BCUT2D eigenvalue weighted by atomic mass is 10.0. The lowest BCUT2D eigenvalue weighted by Gasteiger charge is -2.21. The van der Waals surface area contributed by atoms with Crippen molar-refractivity contribution in [3.63, 3.8) is 0 Å². The van der Waals surface area contributed by atoms with Gasteiger partial charge in [0.2, 0.25) is 0 Å². The van der Waals surface area contributed by atoms with Crippen molar-refractivity contribution in [2.75, 3.05) is 34.8 Å². The molecule has 3 nitrogen and oxygen atoms in total. The molecule has 0 heterocycles. The van der Waals surface area contributed by atoms with Gasteiger partial charge in [0.05, 0.1) is 7.11 Å². The van der Waals surface area contributed by atoms with E-state index >= 15 is 0 Å². The lowest BCUT2D eigenvalue weighted by molar-refractivity contribution is 0.342. The number of nitrogens with one attached hydrogen (secondary N) is 1. The maximum absolute atomic E-state index is 5.41. The standard InChI is InChI=1S/C14H24N2O/c1-11-6-7-14(17-5)12(8-11)9-13(15-2)10-16(3)4/h6-8,13,15H,9-10H2,1-5H3. The quantitative estimate of drug-likeness (QED) is 0.813. The van der Waals surface area contributed by atoms with Crippen LogP contribution in [0.2, 0.25) is 0 Å². The molecule has 1 aromatic carbocycles. The van der Waals surface area contributed by atoms with Gasteiger partial charge < -0.3 is 15.0 Å². The minimum Gasteiger partial charge on any atom is -0.496 e. The van der Waals surface area contributed by atoms with E-state index in [1.165, 1.54) is 11.1 Å². The van der Waals surface area contributed by atoms with Crippen LogP contribution in [0.25, 0.3) is 0 Å². The third kappa shape index (κ3) is 4.36. The fourth-order valence-electron chi connectivity index (χ4n) is 2.03. The molecule has 0 aliphatic rings. The normalized spacial score (nSPS) is 12.8. The zero-order valence-corrected chi connectivity index (χ0v) is 11.6. The summed E-state index contributed by atoms with van der Waals surface area (Å²) in [5.74, 6) is 0.981. The second-order valence-electron chi connectivity index (χ2n) is 4.77. The van der Waals surface area contributed by atoms with Crippen LogP contribution in [-0.4, -0.2) is 45.7 Å². The van der Waals surface area contributed by atoms with E-state index in [0.717, 1.165) is 18.7 Å². The first-order valence-electron chi connectivity index (χ1n) is 6.02. The van der Waals surface area contributed by atoms with E-state index < -0.39 is 0 Å². The number of benzene rings is 1. The lowest BCUT2D eigenvalue weighted by Crippen LogP contribution is -2.37. The maximum atomic E-state index is 5.41. The fourth-order valence-corrected chi connectivity index (χ4v) is 2.03. The predicted molar refractivity (Wildman–Crippen MR) is 72.8 cm³/mol. The van der Waals surface area contributed by atoms with E-state index in [9.17, 15) is 0 Å². The summed E-state index contributed by atoms with van der Waals surface area (Å²) in [7, 11) is 7.93. The summed E-state index contributed by atoms with van der Waals surface area (Å²) in [6, 6.07) is 6.79. The van der Waals surface area contributed by atoms with Crippen molar-refractivity contribution in [2.24, 2.45) is 0 Å². The van der Waals surface area contributed by atoms with Gasteiger partial charge in [-0.15, -0.1) is 0 Å². The predicted octanol–water partition coefficient (Wildman–Crippen LogP) is 1.70. The molecule has 0 amide bonds. The molecule has 0 spiro atoms. The molecular formula is C14H24N2O. The third-order valence-corrected chi connectivity index (χ3v) is 2.90. The summed E-state index contributed by atoms with van der Waals surface area (Å²) in [5, 5.41) is 3.36. The topological polar surface area (TPSA) is 24.5 Å². The summed E-state index contributed by atoms with van der Waals surface area (Å²) in [6.07, 6.45) is 0.986. The first kappa shape index (κ1) is 14.0. The highest BCUT2D eigenvalue weighted by Gasteiger charge is 2.12. The molecule has 17 heavy (non-hydrogen) atoms. The Balaban J connectivity index is 2.80. The molecule has 1 unspecified atom stereocenters. The van der Waals surface area contributed by atoms with Crippen LogP contribution in [0, 0.1) is 6.92 Å². The van der Waals surface area contributed by atoms with Crippen LogP contribution in [0.15, 0.2) is 18.2 Å². The van der Waals surface area contributed by atoms with E-state index in [1.54, 1.807) is 7.11 Å². The van der Waals surface area contributed by atoms with Crippen molar-refractivity contribution in [1.29, 1.82) is 0 Å². The number of nitrogens with zero attached hydrogens (tertiary/aromatic N) is 1. The molecule has 0 aromatic heterocycles. The SMILES string of the molecule is CNC(Cc1cc(C)ccc1OC)CN(C)C. The summed E-state index contributed by atoms with van der Waals surface area (Å²) < 4.78 is 5.41. The van der Waals surface area contributed by atoms with Gasteiger partial charge in [-0.1, -0.05) is 17.7 Å². The average molecular weight is 236 g/mol. The summed E-state index contributed by atoms with van der Waals surface area (Å²) in [5.41, 5.74) is 2.55. The van der Waals surface area contributed by atoms with Crippen molar-refractivity contribution in [3.8, 4) is 5.75 Å². The number of hydrogen-bond donors (Lipinski definition) is 1. The van der Waals surface area contributed by atoms with E-state index in [1.807, 2.05) is 13.1 Å². The maximum Gasteiger partial charge on any atom is 0.122 e. The Morgan fingerprint density at radius 1 is 1.35 bits per heavy atom. The largest absolute Gasteiger partial charge is 0.496 e. The van der Waals surface area contributed by atoms with Gasteiger partial charge in [-0.25, -0.2) is 0 Å². The molecule has 0 aliphatic heterocycles. The van der Waals surface area contributed by atoms with E-state index in [-0.39, 0.29) is 0 Å². The number of methoxy groups -OCH3 is 1. The number of aryl methyl sites for hydroxylation is 1. The van der Waals surface area contributed by atoms with E-state index in [0.29, 0.717) is 6.04 Å². The first-order valence-corrected chi connectivity index (χ1v) is 6.02. The van der Waals surface area contributed by atoms with Gasteiger partial charge in [-0.05, 0) is 46.1 Å². The number of likely N-dealkylation sites (N-methyl/N-ethyl adjacent to an activating group) is 2. The molecular weight excluding hydrogens is 212 g/mol. The average Bonchev–Trinajstić information content (AvgIpc) is 2.28. The fraction of sp³-hybridized carbons (Fsp3) is 0.571. The van der Waals surface area contributed by atoms with Crippen molar-refractivity contribution >= 4 is 0 Å². The molecule has 0 aliphatic carbocycles. The van der Waals surface area contributed by atoms with Crippen molar-refractivity contribution in [3.05, 3.63) is 29.3 Å². The minimum atomic E-state index is 0.445. The minimum absolute atomic E-state index is 0.445. The molecule has 0 bridgehead atoms. The van der Waals surface area contributed by atoms with Gasteiger partial charge in [0, 0.05) is 12.6 Å². The molecule has 0 saturated heterocycles. The number of rotatable bonds is 6. The van der Waals surface area contributed by atoms with Crippen LogP contribution in [0.4, 0.5) is 0 Å². The Labute approximate surface area is 105 Å². The van der Waals surface area contributed by atoms with E-state index in [2.05, 4.69) is 43.4 Å². The molecule has 1 atom stereocenters. The zero-order valence-electron chi connectivity index (χ0n) is 11.6. The smallest absolute Gasteiger partial charge is 0.122 e. The van der Waals surface area contributed by atoms with Crippen molar-refractivity contribution in [1.82, 2.24) is 10.2 Å². The summed E-state index contributed by atoms with van der Waals surface area (Å²) in [6.45, 7) is 3.14. The summed E-state index contributed by atoms with van der Waals surface area (Å²) in [4.78, 5) is 2.20. The molecule has 96 valence electrons. The van der Waals surface area contributed by atoms with Gasteiger partial charge in [-0.2, -0.15) is 0 Å². The zero-order chi connectivity index (χ0) is 12.8. The van der Waals surface area contributed by atoms with Gasteiger partial charge in [-0.3, -0.25) is 0 Å². The monoisotopic (exact) mass is 236 g/mol. The van der Waals surface area contributed by atoms with Crippen LogP contribution in [0.1, 0.15) is 11.1 Å². The highest BCUT2D eigenvalue weighted by atomic mass is 16.5. The summed E-state index contributed by atoms with van der Waals surface area (Å²) >= 11 is 0. The highest BCUT2D eigenvalue weighted by molar-refractivity contribution is 5.37. The van der Waals surface area contributed by atoms with Crippen LogP contribution < -0.4 is 10.1 Å². The Kier molecular flexibility index (Phi) is 5.45. The van der Waals surface area contributed by atoms with Gasteiger partial charge in [0.1, 0.15) is 5.75 Å². The Bertz CT molecular complexity index is 350. The number of ether oxygens (including phenoxy) is 1. The Morgan fingerprint density at radius 2 is 2.06 bits per heavy atom. The van der Waals surface area contributed by atoms with Crippen molar-refractivity contribution < 1.29 is 4.74 Å². The number of hydrogen-bond acceptors (Lipinski definition) is 3.